The summed E-state index contributed by atoms with van der Waals surface area (Å²) in [4.78, 5) is 10.9. The third-order valence-corrected chi connectivity index (χ3v) is 3.82. The lowest BCUT2D eigenvalue weighted by molar-refractivity contribution is -0.141. The van der Waals surface area contributed by atoms with Gasteiger partial charge in [-0.3, -0.25) is 4.79 Å². The lowest BCUT2D eigenvalue weighted by Gasteiger charge is -2.17. The Balaban J connectivity index is 2.07. The van der Waals surface area contributed by atoms with E-state index >= 15 is 0 Å². The Morgan fingerprint density at radius 2 is 1.83 bits per heavy atom. The first-order valence-electron chi connectivity index (χ1n) is 6.44. The fourth-order valence-electron chi connectivity index (χ4n) is 2.51. The monoisotopic (exact) mass is 248 g/mol. The molecule has 1 aliphatic rings. The van der Waals surface area contributed by atoms with Crippen molar-refractivity contribution < 1.29 is 14.6 Å². The number of benzene rings is 1. The standard InChI is InChI=1S/C15H20O3/c1-9-6-11(3)14(7-10(9)2)18-13-5-4-12(8-13)15(16)17/h6-7,12-13H,4-5,8H2,1-3H3,(H,16,17). The van der Waals surface area contributed by atoms with Crippen LogP contribution in [0.1, 0.15) is 36.0 Å². The van der Waals surface area contributed by atoms with Gasteiger partial charge in [-0.05, 0) is 62.8 Å². The topological polar surface area (TPSA) is 46.5 Å². The summed E-state index contributed by atoms with van der Waals surface area (Å²) in [5, 5.41) is 8.98. The van der Waals surface area contributed by atoms with Crippen molar-refractivity contribution in [2.24, 2.45) is 5.92 Å². The predicted octanol–water partition coefficient (Wildman–Crippen LogP) is 3.24. The third kappa shape index (κ3) is 2.66. The summed E-state index contributed by atoms with van der Waals surface area (Å²) in [6.45, 7) is 6.18. The van der Waals surface area contributed by atoms with Gasteiger partial charge in [0.15, 0.2) is 0 Å². The quantitative estimate of drug-likeness (QED) is 0.893. The van der Waals surface area contributed by atoms with Gasteiger partial charge in [-0.25, -0.2) is 0 Å². The van der Waals surface area contributed by atoms with Crippen LogP contribution >= 0.6 is 0 Å². The van der Waals surface area contributed by atoms with Gasteiger partial charge in [0.1, 0.15) is 5.75 Å². The lowest BCUT2D eigenvalue weighted by atomic mass is 10.1. The molecule has 3 nitrogen and oxygen atoms in total. The maximum Gasteiger partial charge on any atom is 0.306 e. The van der Waals surface area contributed by atoms with Gasteiger partial charge in [0.05, 0.1) is 12.0 Å². The number of aliphatic carboxylic acids is 1. The van der Waals surface area contributed by atoms with E-state index in [1.807, 2.05) is 6.92 Å². The van der Waals surface area contributed by atoms with Crippen molar-refractivity contribution in [2.75, 3.05) is 0 Å². The van der Waals surface area contributed by atoms with Crippen LogP contribution in [0, 0.1) is 26.7 Å². The van der Waals surface area contributed by atoms with Crippen molar-refractivity contribution in [1.82, 2.24) is 0 Å². The number of rotatable bonds is 3. The molecule has 98 valence electrons. The third-order valence-electron chi connectivity index (χ3n) is 3.82. The highest BCUT2D eigenvalue weighted by molar-refractivity contribution is 5.70. The first kappa shape index (κ1) is 12.9. The summed E-state index contributed by atoms with van der Waals surface area (Å²) in [6, 6.07) is 4.17. The fourth-order valence-corrected chi connectivity index (χ4v) is 2.51. The summed E-state index contributed by atoms with van der Waals surface area (Å²) in [5.41, 5.74) is 3.59. The molecule has 0 amide bonds. The second kappa shape index (κ2) is 5.01. The minimum absolute atomic E-state index is 0.0481. The molecule has 2 rings (SSSR count). The van der Waals surface area contributed by atoms with E-state index in [1.165, 1.54) is 11.1 Å². The van der Waals surface area contributed by atoms with Crippen molar-refractivity contribution in [3.8, 4) is 5.75 Å². The highest BCUT2D eigenvalue weighted by Crippen LogP contribution is 2.31. The zero-order valence-electron chi connectivity index (χ0n) is 11.2. The molecule has 1 aromatic rings. The van der Waals surface area contributed by atoms with Crippen LogP contribution in [0.3, 0.4) is 0 Å². The van der Waals surface area contributed by atoms with Crippen LogP contribution in [0.2, 0.25) is 0 Å². The highest BCUT2D eigenvalue weighted by atomic mass is 16.5. The molecule has 1 aliphatic carbocycles. The Bertz CT molecular complexity index is 465. The molecule has 1 saturated carbocycles. The van der Waals surface area contributed by atoms with Crippen molar-refractivity contribution in [3.63, 3.8) is 0 Å². The van der Waals surface area contributed by atoms with Gasteiger partial charge >= 0.3 is 5.97 Å². The number of carboxylic acids is 1. The average Bonchev–Trinajstić information content (AvgIpc) is 2.74. The van der Waals surface area contributed by atoms with Crippen LogP contribution in [0.4, 0.5) is 0 Å². The molecule has 3 heteroatoms. The van der Waals surface area contributed by atoms with Gasteiger partial charge in [-0.2, -0.15) is 0 Å². The van der Waals surface area contributed by atoms with Crippen LogP contribution in [-0.4, -0.2) is 17.2 Å². The number of hydrogen-bond acceptors (Lipinski definition) is 2. The second-order valence-electron chi connectivity index (χ2n) is 5.29. The number of carbonyl (C=O) groups is 1. The maximum absolute atomic E-state index is 10.9. The van der Waals surface area contributed by atoms with Crippen molar-refractivity contribution in [3.05, 3.63) is 28.8 Å². The molecule has 1 fully saturated rings. The summed E-state index contributed by atoms with van der Waals surface area (Å²) < 4.78 is 5.96. The summed E-state index contributed by atoms with van der Waals surface area (Å²) in [5.74, 6) is -0.0334. The van der Waals surface area contributed by atoms with Crippen LogP contribution in [0.15, 0.2) is 12.1 Å². The Morgan fingerprint density at radius 3 is 2.44 bits per heavy atom. The normalized spacial score (nSPS) is 23.1. The van der Waals surface area contributed by atoms with Gasteiger partial charge < -0.3 is 9.84 Å². The lowest BCUT2D eigenvalue weighted by Crippen LogP contribution is -2.16. The van der Waals surface area contributed by atoms with Crippen LogP contribution in [-0.2, 0) is 4.79 Å². The number of hydrogen-bond donors (Lipinski definition) is 1. The van der Waals surface area contributed by atoms with Gasteiger partial charge in [-0.15, -0.1) is 0 Å². The molecule has 2 atom stereocenters. The zero-order chi connectivity index (χ0) is 13.3. The second-order valence-corrected chi connectivity index (χ2v) is 5.29. The first-order valence-corrected chi connectivity index (χ1v) is 6.44. The molecule has 0 radical (unpaired) electrons. The first-order chi connectivity index (χ1) is 8.47. The van der Waals surface area contributed by atoms with E-state index in [0.29, 0.717) is 6.42 Å². The van der Waals surface area contributed by atoms with Crippen molar-refractivity contribution in [1.29, 1.82) is 0 Å². The maximum atomic E-state index is 10.9. The number of carboxylic acid groups (broad SMARTS) is 1. The molecular formula is C15H20O3. The smallest absolute Gasteiger partial charge is 0.306 e. The predicted molar refractivity (Wildman–Crippen MR) is 70.0 cm³/mol. The van der Waals surface area contributed by atoms with Crippen LogP contribution < -0.4 is 4.74 Å². The molecule has 0 saturated heterocycles. The number of aryl methyl sites for hydroxylation is 3. The van der Waals surface area contributed by atoms with E-state index in [-0.39, 0.29) is 12.0 Å². The Morgan fingerprint density at radius 1 is 1.17 bits per heavy atom. The van der Waals surface area contributed by atoms with Gasteiger partial charge in [0.25, 0.3) is 0 Å². The number of ether oxygens (including phenoxy) is 1. The molecule has 1 N–H and O–H groups in total. The molecule has 0 bridgehead atoms. The van der Waals surface area contributed by atoms with E-state index in [1.54, 1.807) is 0 Å². The van der Waals surface area contributed by atoms with Crippen molar-refractivity contribution in [2.45, 2.75) is 46.1 Å². The fraction of sp³-hybridized carbons (Fsp3) is 0.533. The zero-order valence-corrected chi connectivity index (χ0v) is 11.2. The Kier molecular flexibility index (Phi) is 3.60. The Hall–Kier alpha value is -1.51. The summed E-state index contributed by atoms with van der Waals surface area (Å²) >= 11 is 0. The molecule has 0 spiro atoms. The van der Waals surface area contributed by atoms with Crippen LogP contribution in [0.5, 0.6) is 5.75 Å². The summed E-state index contributed by atoms with van der Waals surface area (Å²) in [6.07, 6.45) is 2.24. The molecule has 0 aliphatic heterocycles. The SMILES string of the molecule is Cc1cc(C)c(OC2CCC(C(=O)O)C2)cc1C. The minimum atomic E-state index is -0.696. The molecule has 18 heavy (non-hydrogen) atoms. The summed E-state index contributed by atoms with van der Waals surface area (Å²) in [7, 11) is 0. The molecule has 0 aromatic heterocycles. The Labute approximate surface area is 108 Å². The van der Waals surface area contributed by atoms with Gasteiger partial charge in [-0.1, -0.05) is 6.07 Å². The van der Waals surface area contributed by atoms with E-state index in [2.05, 4.69) is 26.0 Å². The molecular weight excluding hydrogens is 228 g/mol. The van der Waals surface area contributed by atoms with E-state index in [4.69, 9.17) is 9.84 Å². The van der Waals surface area contributed by atoms with Crippen molar-refractivity contribution >= 4 is 5.97 Å². The minimum Gasteiger partial charge on any atom is -0.490 e. The van der Waals surface area contributed by atoms with Gasteiger partial charge in [0, 0.05) is 0 Å². The molecule has 1 aromatic carbocycles. The van der Waals surface area contributed by atoms with E-state index < -0.39 is 5.97 Å². The van der Waals surface area contributed by atoms with Crippen LogP contribution in [0.25, 0.3) is 0 Å². The highest BCUT2D eigenvalue weighted by Gasteiger charge is 2.31. The van der Waals surface area contributed by atoms with E-state index in [0.717, 1.165) is 24.2 Å². The largest absolute Gasteiger partial charge is 0.490 e. The molecule has 0 heterocycles. The van der Waals surface area contributed by atoms with E-state index in [9.17, 15) is 4.79 Å². The molecule has 2 unspecified atom stereocenters. The van der Waals surface area contributed by atoms with Gasteiger partial charge in [0.2, 0.25) is 0 Å². The average molecular weight is 248 g/mol.